The number of rotatable bonds is 5. The highest BCUT2D eigenvalue weighted by Crippen LogP contribution is 2.15. The Hall–Kier alpha value is -1.30. The van der Waals surface area contributed by atoms with E-state index in [4.69, 9.17) is 5.11 Å². The molecule has 1 rings (SSSR count). The van der Waals surface area contributed by atoms with Crippen LogP contribution < -0.4 is 5.32 Å². The van der Waals surface area contributed by atoms with Gasteiger partial charge in [0, 0.05) is 31.7 Å². The lowest BCUT2D eigenvalue weighted by Crippen LogP contribution is -2.57. The van der Waals surface area contributed by atoms with E-state index in [1.54, 1.807) is 4.90 Å². The fourth-order valence-electron chi connectivity index (χ4n) is 2.49. The number of carboxylic acids is 1. The molecule has 1 heterocycles. The highest BCUT2D eigenvalue weighted by molar-refractivity contribution is 5.82. The van der Waals surface area contributed by atoms with Gasteiger partial charge in [0.15, 0.2) is 0 Å². The molecule has 0 spiro atoms. The van der Waals surface area contributed by atoms with Crippen molar-refractivity contribution in [3.05, 3.63) is 0 Å². The molecule has 1 unspecified atom stereocenters. The molecule has 0 radical (unpaired) electrons. The number of hydrogen-bond acceptors (Lipinski definition) is 3. The van der Waals surface area contributed by atoms with Crippen LogP contribution in [0, 0.1) is 0 Å². The van der Waals surface area contributed by atoms with Gasteiger partial charge in [-0.05, 0) is 27.2 Å². The zero-order valence-corrected chi connectivity index (χ0v) is 13.7. The first kappa shape index (κ1) is 17.8. The number of hydrogen-bond donors (Lipinski definition) is 2. The van der Waals surface area contributed by atoms with Crippen molar-refractivity contribution in [1.82, 2.24) is 15.1 Å². The highest BCUT2D eigenvalue weighted by Gasteiger charge is 2.29. The molecule has 0 aromatic carbocycles. The number of carbonyl (C=O) groups excluding carboxylic acids is 1. The van der Waals surface area contributed by atoms with Crippen LogP contribution in [0.2, 0.25) is 0 Å². The zero-order valence-electron chi connectivity index (χ0n) is 13.7. The molecular formula is C15H29N3O3. The monoisotopic (exact) mass is 299 g/mol. The third-order valence-corrected chi connectivity index (χ3v) is 3.96. The number of amides is 2. The predicted octanol–water partition coefficient (Wildman–Crippen LogP) is 1.76. The fourth-order valence-corrected chi connectivity index (χ4v) is 2.49. The highest BCUT2D eigenvalue weighted by atomic mass is 16.4. The van der Waals surface area contributed by atoms with Gasteiger partial charge in [0.2, 0.25) is 0 Å². The average molecular weight is 299 g/mol. The second-order valence-electron chi connectivity index (χ2n) is 6.63. The third kappa shape index (κ3) is 5.53. The van der Waals surface area contributed by atoms with Gasteiger partial charge in [0.25, 0.3) is 0 Å². The van der Waals surface area contributed by atoms with E-state index in [0.717, 1.165) is 25.9 Å². The number of unbranched alkanes of at least 4 members (excludes halogenated alkanes) is 1. The lowest BCUT2D eigenvalue weighted by molar-refractivity contribution is -0.139. The van der Waals surface area contributed by atoms with Crippen molar-refractivity contribution in [3.63, 3.8) is 0 Å². The van der Waals surface area contributed by atoms with Crippen LogP contribution >= 0.6 is 0 Å². The van der Waals surface area contributed by atoms with Crippen molar-refractivity contribution in [1.29, 1.82) is 0 Å². The van der Waals surface area contributed by atoms with Gasteiger partial charge in [0.1, 0.15) is 6.04 Å². The van der Waals surface area contributed by atoms with Crippen molar-refractivity contribution >= 4 is 12.0 Å². The first-order valence-electron chi connectivity index (χ1n) is 7.79. The molecule has 1 atom stereocenters. The first-order chi connectivity index (χ1) is 9.75. The zero-order chi connectivity index (χ0) is 16.0. The van der Waals surface area contributed by atoms with Crippen LogP contribution in [0.4, 0.5) is 4.79 Å². The van der Waals surface area contributed by atoms with E-state index < -0.39 is 12.0 Å². The summed E-state index contributed by atoms with van der Waals surface area (Å²) in [6, 6.07) is -1.04. The Balaban J connectivity index is 2.47. The summed E-state index contributed by atoms with van der Waals surface area (Å²) < 4.78 is 0. The van der Waals surface area contributed by atoms with Crippen molar-refractivity contribution < 1.29 is 14.7 Å². The molecule has 122 valence electrons. The number of piperazine rings is 1. The predicted molar refractivity (Wildman–Crippen MR) is 82.4 cm³/mol. The Morgan fingerprint density at radius 1 is 1.19 bits per heavy atom. The van der Waals surface area contributed by atoms with Crippen molar-refractivity contribution in [2.24, 2.45) is 0 Å². The molecular weight excluding hydrogens is 270 g/mol. The van der Waals surface area contributed by atoms with Crippen molar-refractivity contribution in [2.75, 3.05) is 26.2 Å². The van der Waals surface area contributed by atoms with Gasteiger partial charge < -0.3 is 15.3 Å². The summed E-state index contributed by atoms with van der Waals surface area (Å²) in [5.74, 6) is -0.954. The Kier molecular flexibility index (Phi) is 6.45. The van der Waals surface area contributed by atoms with Crippen LogP contribution in [0.5, 0.6) is 0 Å². The molecule has 6 heteroatoms. The Morgan fingerprint density at radius 3 is 2.19 bits per heavy atom. The summed E-state index contributed by atoms with van der Waals surface area (Å²) in [7, 11) is 0. The lowest BCUT2D eigenvalue weighted by Gasteiger charge is -2.42. The summed E-state index contributed by atoms with van der Waals surface area (Å²) in [6.45, 7) is 11.4. The smallest absolute Gasteiger partial charge is 0.326 e. The van der Waals surface area contributed by atoms with Gasteiger partial charge in [0.05, 0.1) is 0 Å². The molecule has 21 heavy (non-hydrogen) atoms. The maximum atomic E-state index is 12.2. The van der Waals surface area contributed by atoms with Crippen LogP contribution in [0.3, 0.4) is 0 Å². The second kappa shape index (κ2) is 7.64. The quantitative estimate of drug-likeness (QED) is 0.811. The lowest BCUT2D eigenvalue weighted by atomic mass is 10.1. The Labute approximate surface area is 127 Å². The van der Waals surface area contributed by atoms with Gasteiger partial charge in [-0.25, -0.2) is 9.59 Å². The summed E-state index contributed by atoms with van der Waals surface area (Å²) in [5.41, 5.74) is 0.104. The molecule has 1 saturated heterocycles. The summed E-state index contributed by atoms with van der Waals surface area (Å²) >= 11 is 0. The molecule has 1 aliphatic rings. The minimum absolute atomic E-state index is 0.104. The average Bonchev–Trinajstić information content (AvgIpc) is 2.42. The van der Waals surface area contributed by atoms with Gasteiger partial charge in [-0.1, -0.05) is 19.8 Å². The molecule has 2 amide bonds. The van der Waals surface area contributed by atoms with Crippen LogP contribution in [-0.2, 0) is 4.79 Å². The second-order valence-corrected chi connectivity index (χ2v) is 6.63. The van der Waals surface area contributed by atoms with E-state index in [2.05, 4.69) is 31.0 Å². The first-order valence-corrected chi connectivity index (χ1v) is 7.79. The summed E-state index contributed by atoms with van der Waals surface area (Å²) in [4.78, 5) is 27.4. The maximum Gasteiger partial charge on any atom is 0.326 e. The Bertz CT molecular complexity index is 358. The number of carboxylic acid groups (broad SMARTS) is 1. The van der Waals surface area contributed by atoms with Crippen molar-refractivity contribution in [3.8, 4) is 0 Å². The summed E-state index contributed by atoms with van der Waals surface area (Å²) in [6.07, 6.45) is 2.21. The molecule has 1 aliphatic heterocycles. The van der Waals surface area contributed by atoms with E-state index in [1.165, 1.54) is 0 Å². The normalized spacial score (nSPS) is 18.4. The minimum Gasteiger partial charge on any atom is -0.480 e. The Morgan fingerprint density at radius 2 is 1.76 bits per heavy atom. The number of carbonyl (C=O) groups is 2. The van der Waals surface area contributed by atoms with E-state index in [9.17, 15) is 9.59 Å². The molecule has 0 aromatic heterocycles. The van der Waals surface area contributed by atoms with Gasteiger partial charge in [-0.3, -0.25) is 4.90 Å². The van der Waals surface area contributed by atoms with Crippen LogP contribution in [0.1, 0.15) is 47.0 Å². The number of nitrogens with zero attached hydrogens (tertiary/aromatic N) is 2. The van der Waals surface area contributed by atoms with E-state index in [1.807, 2.05) is 6.92 Å². The van der Waals surface area contributed by atoms with Crippen LogP contribution in [-0.4, -0.2) is 64.7 Å². The maximum absolute atomic E-state index is 12.2. The molecule has 0 saturated carbocycles. The number of aliphatic carboxylic acids is 1. The van der Waals surface area contributed by atoms with E-state index in [0.29, 0.717) is 19.5 Å². The number of urea groups is 1. The summed E-state index contributed by atoms with van der Waals surface area (Å²) in [5, 5.41) is 11.8. The molecule has 0 aliphatic carbocycles. The third-order valence-electron chi connectivity index (χ3n) is 3.96. The molecule has 2 N–H and O–H groups in total. The van der Waals surface area contributed by atoms with Gasteiger partial charge in [-0.2, -0.15) is 0 Å². The van der Waals surface area contributed by atoms with Gasteiger partial charge >= 0.3 is 12.0 Å². The molecule has 6 nitrogen and oxygen atoms in total. The van der Waals surface area contributed by atoms with Crippen molar-refractivity contribution in [2.45, 2.75) is 58.5 Å². The molecule has 1 fully saturated rings. The topological polar surface area (TPSA) is 72.9 Å². The van der Waals surface area contributed by atoms with E-state index >= 15 is 0 Å². The van der Waals surface area contributed by atoms with Crippen LogP contribution in [0.25, 0.3) is 0 Å². The largest absolute Gasteiger partial charge is 0.480 e. The number of nitrogens with one attached hydrogen (secondary N) is 1. The SMILES string of the molecule is CCCCC(NC(=O)N1CCN(C(C)(C)C)CC1)C(=O)O. The fraction of sp³-hybridized carbons (Fsp3) is 0.867. The van der Waals surface area contributed by atoms with E-state index in [-0.39, 0.29) is 11.6 Å². The minimum atomic E-state index is -0.954. The van der Waals surface area contributed by atoms with Gasteiger partial charge in [-0.15, -0.1) is 0 Å². The standard InChI is InChI=1S/C15H29N3O3/c1-5-6-7-12(13(19)20)16-14(21)17-8-10-18(11-9-17)15(2,3)4/h12H,5-11H2,1-4H3,(H,16,21)(H,19,20). The van der Waals surface area contributed by atoms with Crippen LogP contribution in [0.15, 0.2) is 0 Å². The molecule has 0 aromatic rings. The molecule has 0 bridgehead atoms.